The number of piperidine rings is 1. The molecule has 0 aliphatic carbocycles. The summed E-state index contributed by atoms with van der Waals surface area (Å²) in [6.07, 6.45) is 2.95. The molecule has 0 aromatic carbocycles. The van der Waals surface area contributed by atoms with Gasteiger partial charge in [-0.3, -0.25) is 4.79 Å². The van der Waals surface area contributed by atoms with Gasteiger partial charge in [0.1, 0.15) is 0 Å². The molecule has 18 heavy (non-hydrogen) atoms. The van der Waals surface area contributed by atoms with E-state index in [0.29, 0.717) is 30.7 Å². The molecule has 1 heterocycles. The number of halogens is 1. The van der Waals surface area contributed by atoms with Crippen molar-refractivity contribution in [3.05, 3.63) is 0 Å². The molecule has 1 saturated heterocycles. The summed E-state index contributed by atoms with van der Waals surface area (Å²) >= 11 is 0. The molecule has 1 aliphatic heterocycles. The van der Waals surface area contributed by atoms with Crippen molar-refractivity contribution in [1.82, 2.24) is 4.90 Å². The molecule has 0 aromatic rings. The van der Waals surface area contributed by atoms with Crippen LogP contribution in [0.4, 0.5) is 0 Å². The zero-order valence-corrected chi connectivity index (χ0v) is 13.1. The van der Waals surface area contributed by atoms with E-state index < -0.39 is 0 Å². The zero-order chi connectivity index (χ0) is 13.1. The molecule has 2 N–H and O–H groups in total. The molecule has 0 saturated carbocycles. The van der Waals surface area contributed by atoms with Crippen LogP contribution in [0, 0.1) is 17.3 Å². The molecule has 2 unspecified atom stereocenters. The Kier molecular flexibility index (Phi) is 7.23. The molecule has 4 heteroatoms. The first kappa shape index (κ1) is 17.7. The second-order valence-electron chi connectivity index (χ2n) is 6.55. The first-order valence-electron chi connectivity index (χ1n) is 6.82. The number of rotatable bonds is 3. The van der Waals surface area contributed by atoms with E-state index in [1.807, 2.05) is 4.90 Å². The average Bonchev–Trinajstić information content (AvgIpc) is 2.27. The van der Waals surface area contributed by atoms with E-state index in [0.717, 1.165) is 19.5 Å². The van der Waals surface area contributed by atoms with Crippen LogP contribution in [0.3, 0.4) is 0 Å². The Morgan fingerprint density at radius 3 is 2.56 bits per heavy atom. The SMILES string of the molecule is CC(CC(=O)N1CCCC(CN)C1)C(C)(C)C.Cl. The van der Waals surface area contributed by atoms with Crippen LogP contribution < -0.4 is 5.73 Å². The number of nitrogens with two attached hydrogens (primary N) is 1. The summed E-state index contributed by atoms with van der Waals surface area (Å²) in [5.74, 6) is 1.25. The molecule has 0 radical (unpaired) electrons. The van der Waals surface area contributed by atoms with E-state index in [1.54, 1.807) is 0 Å². The van der Waals surface area contributed by atoms with Gasteiger partial charge in [0.05, 0.1) is 0 Å². The maximum Gasteiger partial charge on any atom is 0.222 e. The molecule has 1 aliphatic rings. The van der Waals surface area contributed by atoms with Crippen molar-refractivity contribution in [3.63, 3.8) is 0 Å². The van der Waals surface area contributed by atoms with E-state index in [-0.39, 0.29) is 17.8 Å². The summed E-state index contributed by atoms with van der Waals surface area (Å²) < 4.78 is 0. The van der Waals surface area contributed by atoms with E-state index in [2.05, 4.69) is 27.7 Å². The number of carbonyl (C=O) groups excluding carboxylic acids is 1. The number of carbonyl (C=O) groups is 1. The van der Waals surface area contributed by atoms with Gasteiger partial charge in [-0.25, -0.2) is 0 Å². The van der Waals surface area contributed by atoms with Gasteiger partial charge < -0.3 is 10.6 Å². The van der Waals surface area contributed by atoms with Crippen LogP contribution in [0.5, 0.6) is 0 Å². The Morgan fingerprint density at radius 1 is 1.44 bits per heavy atom. The fraction of sp³-hybridized carbons (Fsp3) is 0.929. The van der Waals surface area contributed by atoms with Crippen LogP contribution in [0.25, 0.3) is 0 Å². The highest BCUT2D eigenvalue weighted by Gasteiger charge is 2.27. The summed E-state index contributed by atoms with van der Waals surface area (Å²) in [6, 6.07) is 0. The van der Waals surface area contributed by atoms with E-state index >= 15 is 0 Å². The maximum atomic E-state index is 12.2. The van der Waals surface area contributed by atoms with Crippen LogP contribution in [0.2, 0.25) is 0 Å². The lowest BCUT2D eigenvalue weighted by Crippen LogP contribution is -2.43. The lowest BCUT2D eigenvalue weighted by molar-refractivity contribution is -0.134. The lowest BCUT2D eigenvalue weighted by Gasteiger charge is -2.34. The summed E-state index contributed by atoms with van der Waals surface area (Å²) in [4.78, 5) is 14.2. The van der Waals surface area contributed by atoms with Gasteiger partial charge in [0.25, 0.3) is 0 Å². The van der Waals surface area contributed by atoms with Crippen molar-refractivity contribution < 1.29 is 4.79 Å². The Labute approximate surface area is 118 Å². The van der Waals surface area contributed by atoms with Crippen molar-refractivity contribution in [1.29, 1.82) is 0 Å². The number of hydrogen-bond donors (Lipinski definition) is 1. The first-order valence-corrected chi connectivity index (χ1v) is 6.82. The monoisotopic (exact) mass is 276 g/mol. The second-order valence-corrected chi connectivity index (χ2v) is 6.55. The molecule has 0 spiro atoms. The Bertz CT molecular complexity index is 263. The van der Waals surface area contributed by atoms with Crippen molar-refractivity contribution in [2.45, 2.75) is 47.0 Å². The van der Waals surface area contributed by atoms with Crippen LogP contribution >= 0.6 is 12.4 Å². The minimum absolute atomic E-state index is 0. The second kappa shape index (κ2) is 7.34. The van der Waals surface area contributed by atoms with Crippen LogP contribution in [0.15, 0.2) is 0 Å². The minimum Gasteiger partial charge on any atom is -0.342 e. The Hall–Kier alpha value is -0.280. The third kappa shape index (κ3) is 5.15. The normalized spacial score (nSPS) is 22.3. The van der Waals surface area contributed by atoms with E-state index in [9.17, 15) is 4.79 Å². The Morgan fingerprint density at radius 2 is 2.06 bits per heavy atom. The van der Waals surface area contributed by atoms with Crippen molar-refractivity contribution >= 4 is 18.3 Å². The standard InChI is InChI=1S/C14H28N2O.ClH/c1-11(14(2,3)4)8-13(17)16-7-5-6-12(9-15)10-16;/h11-12H,5-10,15H2,1-4H3;1H. The Balaban J connectivity index is 0.00000289. The summed E-state index contributed by atoms with van der Waals surface area (Å²) in [7, 11) is 0. The molecule has 0 aromatic heterocycles. The van der Waals surface area contributed by atoms with Gasteiger partial charge in [-0.2, -0.15) is 0 Å². The van der Waals surface area contributed by atoms with Crippen molar-refractivity contribution in [2.75, 3.05) is 19.6 Å². The smallest absolute Gasteiger partial charge is 0.222 e. The van der Waals surface area contributed by atoms with Gasteiger partial charge >= 0.3 is 0 Å². The molecule has 2 atom stereocenters. The molecule has 108 valence electrons. The largest absolute Gasteiger partial charge is 0.342 e. The summed E-state index contributed by atoms with van der Waals surface area (Å²) in [5, 5.41) is 0. The van der Waals surface area contributed by atoms with Crippen LogP contribution in [-0.2, 0) is 4.79 Å². The summed E-state index contributed by atoms with van der Waals surface area (Å²) in [6.45, 7) is 11.3. The van der Waals surface area contributed by atoms with Gasteiger partial charge in [-0.1, -0.05) is 27.7 Å². The van der Waals surface area contributed by atoms with Crippen LogP contribution in [0.1, 0.15) is 47.0 Å². The lowest BCUT2D eigenvalue weighted by atomic mass is 9.80. The molecule has 1 rings (SSSR count). The molecule has 1 fully saturated rings. The van der Waals surface area contributed by atoms with Crippen molar-refractivity contribution in [2.24, 2.45) is 23.0 Å². The third-order valence-corrected chi connectivity index (χ3v) is 4.16. The molecule has 0 bridgehead atoms. The van der Waals surface area contributed by atoms with Gasteiger partial charge in [0.2, 0.25) is 5.91 Å². The number of likely N-dealkylation sites (tertiary alicyclic amines) is 1. The minimum atomic E-state index is 0. The summed E-state index contributed by atoms with van der Waals surface area (Å²) in [5.41, 5.74) is 5.91. The molecule has 3 nitrogen and oxygen atoms in total. The highest BCUT2D eigenvalue weighted by Crippen LogP contribution is 2.29. The van der Waals surface area contributed by atoms with Gasteiger partial charge in [0, 0.05) is 19.5 Å². The number of hydrogen-bond acceptors (Lipinski definition) is 2. The zero-order valence-electron chi connectivity index (χ0n) is 12.2. The van der Waals surface area contributed by atoms with Crippen LogP contribution in [-0.4, -0.2) is 30.4 Å². The predicted molar refractivity (Wildman–Crippen MR) is 78.8 cm³/mol. The average molecular weight is 277 g/mol. The highest BCUT2D eigenvalue weighted by atomic mass is 35.5. The number of amides is 1. The number of nitrogens with zero attached hydrogens (tertiary/aromatic N) is 1. The third-order valence-electron chi connectivity index (χ3n) is 4.16. The maximum absolute atomic E-state index is 12.2. The van der Waals surface area contributed by atoms with Crippen molar-refractivity contribution in [3.8, 4) is 0 Å². The highest BCUT2D eigenvalue weighted by molar-refractivity contribution is 5.85. The fourth-order valence-electron chi connectivity index (χ4n) is 2.18. The van der Waals surface area contributed by atoms with E-state index in [4.69, 9.17) is 5.73 Å². The first-order chi connectivity index (χ1) is 7.84. The molecular weight excluding hydrogens is 248 g/mol. The topological polar surface area (TPSA) is 46.3 Å². The fourth-order valence-corrected chi connectivity index (χ4v) is 2.18. The predicted octanol–water partition coefficient (Wildman–Crippen LogP) is 2.68. The van der Waals surface area contributed by atoms with E-state index in [1.165, 1.54) is 6.42 Å². The van der Waals surface area contributed by atoms with Gasteiger partial charge in [-0.15, -0.1) is 12.4 Å². The van der Waals surface area contributed by atoms with Gasteiger partial charge in [0.15, 0.2) is 0 Å². The molecular formula is C14H29ClN2O. The van der Waals surface area contributed by atoms with Gasteiger partial charge in [-0.05, 0) is 36.6 Å². The molecule has 1 amide bonds. The quantitative estimate of drug-likeness (QED) is 0.861.